The number of hydrogen-bond donors (Lipinski definition) is 1. The number of carbonyl (C=O) groups excluding carboxylic acids is 1. The van der Waals surface area contributed by atoms with Gasteiger partial charge in [0.25, 0.3) is 5.91 Å². The maximum atomic E-state index is 12.4. The molecular weight excluding hydrogens is 272 g/mol. The molecule has 2 aromatic rings. The molecule has 2 heterocycles. The fourth-order valence-electron chi connectivity index (χ4n) is 1.72. The Labute approximate surface area is 121 Å². The summed E-state index contributed by atoms with van der Waals surface area (Å²) < 4.78 is 0. The predicted octanol–water partition coefficient (Wildman–Crippen LogP) is 1.76. The topological polar surface area (TPSA) is 53.4 Å². The van der Waals surface area contributed by atoms with Gasteiger partial charge in [0.05, 0.1) is 0 Å². The molecule has 0 atom stereocenters. The Kier molecular flexibility index (Phi) is 4.88. The Morgan fingerprint density at radius 2 is 2.35 bits per heavy atom. The van der Waals surface area contributed by atoms with E-state index in [-0.39, 0.29) is 12.5 Å². The normalized spacial score (nSPS) is 9.70. The van der Waals surface area contributed by atoms with E-state index < -0.39 is 0 Å². The molecule has 102 valence electrons. The van der Waals surface area contributed by atoms with E-state index in [1.807, 2.05) is 17.5 Å². The molecule has 0 aliphatic rings. The van der Waals surface area contributed by atoms with Gasteiger partial charge in [-0.2, -0.15) is 0 Å². The second kappa shape index (κ2) is 6.85. The zero-order valence-electron chi connectivity index (χ0n) is 11.0. The van der Waals surface area contributed by atoms with Crippen LogP contribution in [0.5, 0.6) is 0 Å². The SMILES string of the molecule is CN(Cc1cccnc1)C(=O)c1sccc1C#CCO. The first-order chi connectivity index (χ1) is 9.72. The summed E-state index contributed by atoms with van der Waals surface area (Å²) in [6.45, 7) is 0.284. The van der Waals surface area contributed by atoms with E-state index in [0.29, 0.717) is 17.0 Å². The van der Waals surface area contributed by atoms with Crippen molar-refractivity contribution in [1.29, 1.82) is 0 Å². The molecule has 0 saturated carbocycles. The quantitative estimate of drug-likeness (QED) is 0.875. The van der Waals surface area contributed by atoms with E-state index in [1.165, 1.54) is 11.3 Å². The maximum absolute atomic E-state index is 12.4. The second-order valence-electron chi connectivity index (χ2n) is 4.15. The number of rotatable bonds is 3. The molecule has 0 radical (unpaired) electrons. The van der Waals surface area contributed by atoms with E-state index in [2.05, 4.69) is 16.8 Å². The molecule has 2 aromatic heterocycles. The van der Waals surface area contributed by atoms with Crippen molar-refractivity contribution in [2.24, 2.45) is 0 Å². The zero-order chi connectivity index (χ0) is 14.4. The number of pyridine rings is 1. The van der Waals surface area contributed by atoms with Gasteiger partial charge in [-0.15, -0.1) is 11.3 Å². The summed E-state index contributed by atoms with van der Waals surface area (Å²) in [5, 5.41) is 10.6. The van der Waals surface area contributed by atoms with Crippen LogP contribution in [0.4, 0.5) is 0 Å². The van der Waals surface area contributed by atoms with Gasteiger partial charge >= 0.3 is 0 Å². The summed E-state index contributed by atoms with van der Waals surface area (Å²) in [5.74, 6) is 5.28. The summed E-state index contributed by atoms with van der Waals surface area (Å²) in [6.07, 6.45) is 3.44. The first kappa shape index (κ1) is 14.3. The van der Waals surface area contributed by atoms with E-state index in [9.17, 15) is 4.79 Å². The molecular formula is C15H14N2O2S. The second-order valence-corrected chi connectivity index (χ2v) is 5.06. The number of hydrogen-bond acceptors (Lipinski definition) is 4. The Bertz CT molecular complexity index is 641. The smallest absolute Gasteiger partial charge is 0.265 e. The van der Waals surface area contributed by atoms with E-state index in [1.54, 1.807) is 30.4 Å². The number of amides is 1. The summed E-state index contributed by atoms with van der Waals surface area (Å²) in [4.78, 5) is 18.6. The van der Waals surface area contributed by atoms with E-state index in [0.717, 1.165) is 5.56 Å². The van der Waals surface area contributed by atoms with Crippen LogP contribution in [0.2, 0.25) is 0 Å². The summed E-state index contributed by atoms with van der Waals surface area (Å²) in [5.41, 5.74) is 1.63. The largest absolute Gasteiger partial charge is 0.384 e. The molecule has 2 rings (SSSR count). The maximum Gasteiger partial charge on any atom is 0.265 e. The van der Waals surface area contributed by atoms with Crippen LogP contribution >= 0.6 is 11.3 Å². The molecule has 0 aromatic carbocycles. The molecule has 1 amide bonds. The average molecular weight is 286 g/mol. The van der Waals surface area contributed by atoms with Gasteiger partial charge in [-0.3, -0.25) is 9.78 Å². The van der Waals surface area contributed by atoms with Gasteiger partial charge in [0.1, 0.15) is 11.5 Å². The Morgan fingerprint density at radius 3 is 3.05 bits per heavy atom. The third kappa shape index (κ3) is 3.44. The lowest BCUT2D eigenvalue weighted by atomic mass is 10.2. The van der Waals surface area contributed by atoms with Gasteiger partial charge in [0.15, 0.2) is 0 Å². The number of nitrogens with zero attached hydrogens (tertiary/aromatic N) is 2. The minimum atomic E-state index is -0.213. The van der Waals surface area contributed by atoms with Crippen molar-refractivity contribution in [2.45, 2.75) is 6.54 Å². The molecule has 0 aliphatic heterocycles. The predicted molar refractivity (Wildman–Crippen MR) is 78.3 cm³/mol. The average Bonchev–Trinajstić information content (AvgIpc) is 2.93. The lowest BCUT2D eigenvalue weighted by Crippen LogP contribution is -2.26. The Hall–Kier alpha value is -2.16. The number of aliphatic hydroxyl groups excluding tert-OH is 1. The molecule has 0 fully saturated rings. The Balaban J connectivity index is 2.13. The molecule has 0 saturated heterocycles. The van der Waals surface area contributed by atoms with Crippen molar-refractivity contribution >= 4 is 17.2 Å². The van der Waals surface area contributed by atoms with Crippen LogP contribution in [0.3, 0.4) is 0 Å². The van der Waals surface area contributed by atoms with Gasteiger partial charge in [0, 0.05) is 31.5 Å². The fraction of sp³-hybridized carbons (Fsp3) is 0.200. The highest BCUT2D eigenvalue weighted by atomic mass is 32.1. The lowest BCUT2D eigenvalue weighted by molar-refractivity contribution is 0.0789. The van der Waals surface area contributed by atoms with Crippen LogP contribution < -0.4 is 0 Å². The number of carbonyl (C=O) groups is 1. The number of aromatic nitrogens is 1. The fourth-order valence-corrected chi connectivity index (χ4v) is 2.56. The van der Waals surface area contributed by atoms with Gasteiger partial charge in [-0.1, -0.05) is 17.9 Å². The van der Waals surface area contributed by atoms with Crippen LogP contribution in [0.1, 0.15) is 20.8 Å². The summed E-state index contributed by atoms with van der Waals surface area (Å²) in [7, 11) is 1.75. The van der Waals surface area contributed by atoms with Crippen molar-refractivity contribution in [3.8, 4) is 11.8 Å². The minimum Gasteiger partial charge on any atom is -0.384 e. The van der Waals surface area contributed by atoms with Crippen molar-refractivity contribution < 1.29 is 9.90 Å². The lowest BCUT2D eigenvalue weighted by Gasteiger charge is -2.16. The highest BCUT2D eigenvalue weighted by molar-refractivity contribution is 7.12. The van der Waals surface area contributed by atoms with Crippen LogP contribution in [-0.4, -0.2) is 34.6 Å². The highest BCUT2D eigenvalue weighted by Crippen LogP contribution is 2.18. The highest BCUT2D eigenvalue weighted by Gasteiger charge is 2.16. The third-order valence-electron chi connectivity index (χ3n) is 2.65. The van der Waals surface area contributed by atoms with Crippen molar-refractivity contribution in [2.75, 3.05) is 13.7 Å². The first-order valence-electron chi connectivity index (χ1n) is 6.04. The van der Waals surface area contributed by atoms with Crippen molar-refractivity contribution in [3.05, 3.63) is 52.0 Å². The zero-order valence-corrected chi connectivity index (χ0v) is 11.9. The first-order valence-corrected chi connectivity index (χ1v) is 6.92. The number of thiophene rings is 1. The standard InChI is InChI=1S/C15H14N2O2S/c1-17(11-12-4-2-7-16-10-12)15(19)14-13(5-3-8-18)6-9-20-14/h2,4,6-7,9-10,18H,8,11H2,1H3. The summed E-state index contributed by atoms with van der Waals surface area (Å²) >= 11 is 1.36. The molecule has 0 unspecified atom stereocenters. The van der Waals surface area contributed by atoms with E-state index >= 15 is 0 Å². The monoisotopic (exact) mass is 286 g/mol. The molecule has 5 heteroatoms. The van der Waals surface area contributed by atoms with Crippen LogP contribution in [0.25, 0.3) is 0 Å². The van der Waals surface area contributed by atoms with Crippen LogP contribution in [0, 0.1) is 11.8 Å². The van der Waals surface area contributed by atoms with Gasteiger partial charge in [-0.25, -0.2) is 0 Å². The number of aliphatic hydroxyl groups is 1. The van der Waals surface area contributed by atoms with Gasteiger partial charge in [0.2, 0.25) is 0 Å². The van der Waals surface area contributed by atoms with Crippen molar-refractivity contribution in [1.82, 2.24) is 9.88 Å². The third-order valence-corrected chi connectivity index (χ3v) is 3.55. The van der Waals surface area contributed by atoms with E-state index in [4.69, 9.17) is 5.11 Å². The minimum absolute atomic E-state index is 0.0777. The summed E-state index contributed by atoms with van der Waals surface area (Å²) in [6, 6.07) is 5.56. The van der Waals surface area contributed by atoms with Gasteiger partial charge < -0.3 is 10.0 Å². The van der Waals surface area contributed by atoms with Gasteiger partial charge in [-0.05, 0) is 23.1 Å². The molecule has 0 aliphatic carbocycles. The Morgan fingerprint density at radius 1 is 1.50 bits per heavy atom. The van der Waals surface area contributed by atoms with Crippen LogP contribution in [-0.2, 0) is 6.54 Å². The van der Waals surface area contributed by atoms with Crippen molar-refractivity contribution in [3.63, 3.8) is 0 Å². The molecule has 0 bridgehead atoms. The molecule has 1 N–H and O–H groups in total. The molecule has 4 nitrogen and oxygen atoms in total. The van der Waals surface area contributed by atoms with Crippen LogP contribution in [0.15, 0.2) is 36.0 Å². The molecule has 0 spiro atoms. The molecule has 20 heavy (non-hydrogen) atoms.